The van der Waals surface area contributed by atoms with Gasteiger partial charge in [-0.2, -0.15) is 0 Å². The van der Waals surface area contributed by atoms with Gasteiger partial charge in [-0.1, -0.05) is 12.0 Å². The number of anilines is 1. The molecule has 0 unspecified atom stereocenters. The number of nitrogens with one attached hydrogen (secondary N) is 1. The van der Waals surface area contributed by atoms with Gasteiger partial charge in [0.1, 0.15) is 6.54 Å². The largest absolute Gasteiger partial charge is 0.478 e. The van der Waals surface area contributed by atoms with Gasteiger partial charge in [0.15, 0.2) is 0 Å². The first kappa shape index (κ1) is 21.0. The number of hydrogen-bond donors (Lipinski definition) is 2. The number of carbonyl (C=O) groups is 2. The van der Waals surface area contributed by atoms with Crippen molar-refractivity contribution in [3.63, 3.8) is 0 Å². The summed E-state index contributed by atoms with van der Waals surface area (Å²) in [6.45, 7) is 2.73. The van der Waals surface area contributed by atoms with Crippen LogP contribution in [0.1, 0.15) is 27.0 Å². The van der Waals surface area contributed by atoms with Crippen molar-refractivity contribution >= 4 is 27.6 Å². The molecule has 2 N–H and O–H groups in total. The van der Waals surface area contributed by atoms with Crippen molar-refractivity contribution in [1.82, 2.24) is 5.32 Å². The summed E-state index contributed by atoms with van der Waals surface area (Å²) >= 11 is 0. The van der Waals surface area contributed by atoms with Crippen LogP contribution in [0.2, 0.25) is 0 Å². The van der Waals surface area contributed by atoms with Crippen LogP contribution in [0.25, 0.3) is 0 Å². The summed E-state index contributed by atoms with van der Waals surface area (Å²) in [4.78, 5) is 23.2. The van der Waals surface area contributed by atoms with Crippen LogP contribution < -0.4 is 9.62 Å². The lowest BCUT2D eigenvalue weighted by molar-refractivity contribution is -0.119. The minimum Gasteiger partial charge on any atom is -0.478 e. The molecule has 1 amide bonds. The molecule has 0 saturated carbocycles. The minimum atomic E-state index is -4.25. The second kappa shape index (κ2) is 8.15. The van der Waals surface area contributed by atoms with Gasteiger partial charge in [-0.15, -0.1) is 6.42 Å². The number of carbonyl (C=O) groups excluding carboxylic acids is 1. The Bertz CT molecular complexity index is 1080. The summed E-state index contributed by atoms with van der Waals surface area (Å²) in [6.07, 6.45) is 5.40. The second-order valence-corrected chi connectivity index (χ2v) is 7.93. The van der Waals surface area contributed by atoms with Gasteiger partial charge in [0, 0.05) is 12.6 Å². The maximum absolute atomic E-state index is 13.4. The van der Waals surface area contributed by atoms with Gasteiger partial charge in [0.25, 0.3) is 10.0 Å². The van der Waals surface area contributed by atoms with Crippen LogP contribution in [0.5, 0.6) is 0 Å². The number of aromatic carboxylic acids is 1. The Kier molecular flexibility index (Phi) is 6.11. The third-order valence-corrected chi connectivity index (χ3v) is 6.20. The normalized spacial score (nSPS) is 10.8. The Labute approximate surface area is 164 Å². The fraction of sp³-hybridized carbons (Fsp3) is 0.200. The van der Waals surface area contributed by atoms with Crippen LogP contribution >= 0.6 is 0 Å². The first-order valence-electron chi connectivity index (χ1n) is 8.26. The monoisotopic (exact) mass is 400 g/mol. The lowest BCUT2D eigenvalue weighted by Gasteiger charge is -2.25. The topological polar surface area (TPSA) is 104 Å². The summed E-state index contributed by atoms with van der Waals surface area (Å²) in [7, 11) is -2.86. The van der Waals surface area contributed by atoms with Crippen LogP contribution in [-0.4, -0.2) is 39.0 Å². The highest BCUT2D eigenvalue weighted by molar-refractivity contribution is 7.93. The molecule has 146 valence electrons. The average Bonchev–Trinajstić information content (AvgIpc) is 2.67. The number of amides is 1. The van der Waals surface area contributed by atoms with E-state index in [1.165, 1.54) is 25.2 Å². The van der Waals surface area contributed by atoms with Crippen LogP contribution in [0.15, 0.2) is 41.3 Å². The zero-order chi connectivity index (χ0) is 21.1. The Morgan fingerprint density at radius 3 is 2.46 bits per heavy atom. The summed E-state index contributed by atoms with van der Waals surface area (Å²) in [5, 5.41) is 11.7. The smallest absolute Gasteiger partial charge is 0.335 e. The maximum Gasteiger partial charge on any atom is 0.335 e. The molecule has 7 nitrogen and oxygen atoms in total. The van der Waals surface area contributed by atoms with Crippen molar-refractivity contribution in [3.05, 3.63) is 58.7 Å². The molecular formula is C20H20N2O5S. The maximum atomic E-state index is 13.4. The molecule has 2 aromatic rings. The van der Waals surface area contributed by atoms with Gasteiger partial charge in [-0.3, -0.25) is 9.10 Å². The van der Waals surface area contributed by atoms with Crippen molar-refractivity contribution < 1.29 is 23.1 Å². The summed E-state index contributed by atoms with van der Waals surface area (Å²) in [5.41, 5.74) is 1.41. The van der Waals surface area contributed by atoms with Gasteiger partial charge in [-0.25, -0.2) is 13.2 Å². The van der Waals surface area contributed by atoms with E-state index in [1.807, 2.05) is 0 Å². The number of nitrogens with zero attached hydrogens (tertiary/aromatic N) is 1. The van der Waals surface area contributed by atoms with Crippen molar-refractivity contribution in [3.8, 4) is 12.3 Å². The molecule has 0 aliphatic carbocycles. The van der Waals surface area contributed by atoms with Crippen LogP contribution in [0.3, 0.4) is 0 Å². The number of carboxylic acids is 1. The zero-order valence-corrected chi connectivity index (χ0v) is 16.5. The predicted octanol–water partition coefficient (Wildman–Crippen LogP) is 1.92. The molecule has 28 heavy (non-hydrogen) atoms. The van der Waals surface area contributed by atoms with E-state index in [-0.39, 0.29) is 16.1 Å². The third kappa shape index (κ3) is 4.15. The predicted molar refractivity (Wildman–Crippen MR) is 106 cm³/mol. The highest BCUT2D eigenvalue weighted by atomic mass is 32.2. The van der Waals surface area contributed by atoms with E-state index >= 15 is 0 Å². The molecule has 0 saturated heterocycles. The first-order valence-corrected chi connectivity index (χ1v) is 9.70. The van der Waals surface area contributed by atoms with E-state index in [9.17, 15) is 23.1 Å². The molecule has 0 atom stereocenters. The van der Waals surface area contributed by atoms with E-state index in [1.54, 1.807) is 26.0 Å². The highest BCUT2D eigenvalue weighted by Crippen LogP contribution is 2.28. The molecule has 0 bridgehead atoms. The van der Waals surface area contributed by atoms with Crippen LogP contribution in [0, 0.1) is 26.2 Å². The van der Waals surface area contributed by atoms with E-state index in [4.69, 9.17) is 6.42 Å². The Morgan fingerprint density at radius 1 is 1.21 bits per heavy atom. The average molecular weight is 400 g/mol. The fourth-order valence-electron chi connectivity index (χ4n) is 2.61. The molecule has 8 heteroatoms. The SMILES string of the molecule is C#Cc1cccc(N(CC(=O)NC)S(=O)(=O)c2cc(C(=O)O)cc(C)c2C)c1. The van der Waals surface area contributed by atoms with E-state index < -0.39 is 28.4 Å². The number of rotatable bonds is 6. The molecular weight excluding hydrogens is 380 g/mol. The molecule has 0 aliphatic rings. The zero-order valence-electron chi connectivity index (χ0n) is 15.7. The van der Waals surface area contributed by atoms with Crippen molar-refractivity contribution in [2.24, 2.45) is 0 Å². The number of terminal acetylenes is 1. The molecule has 0 radical (unpaired) electrons. The van der Waals surface area contributed by atoms with Gasteiger partial charge in [-0.05, 0) is 55.3 Å². The summed E-state index contributed by atoms with van der Waals surface area (Å²) in [6, 6.07) is 8.71. The molecule has 0 aromatic heterocycles. The van der Waals surface area contributed by atoms with Gasteiger partial charge in [0.05, 0.1) is 16.1 Å². The lowest BCUT2D eigenvalue weighted by Crippen LogP contribution is -2.40. The fourth-order valence-corrected chi connectivity index (χ4v) is 4.35. The molecule has 0 fully saturated rings. The van der Waals surface area contributed by atoms with Gasteiger partial charge >= 0.3 is 5.97 Å². The number of benzene rings is 2. The molecule has 0 aliphatic heterocycles. The van der Waals surface area contributed by atoms with Crippen molar-refractivity contribution in [2.75, 3.05) is 17.9 Å². The van der Waals surface area contributed by atoms with Crippen LogP contribution in [0.4, 0.5) is 5.69 Å². The van der Waals surface area contributed by atoms with Gasteiger partial charge in [0.2, 0.25) is 5.91 Å². The summed E-state index contributed by atoms with van der Waals surface area (Å²) in [5.74, 6) is 0.653. The van der Waals surface area contributed by atoms with Crippen molar-refractivity contribution in [2.45, 2.75) is 18.7 Å². The second-order valence-electron chi connectivity index (χ2n) is 6.10. The number of aryl methyl sites for hydroxylation is 1. The highest BCUT2D eigenvalue weighted by Gasteiger charge is 2.30. The number of sulfonamides is 1. The van der Waals surface area contributed by atoms with E-state index in [0.29, 0.717) is 16.7 Å². The van der Waals surface area contributed by atoms with Crippen molar-refractivity contribution in [1.29, 1.82) is 0 Å². The number of hydrogen-bond acceptors (Lipinski definition) is 4. The minimum absolute atomic E-state index is 0.154. The van der Waals surface area contributed by atoms with Crippen LogP contribution in [-0.2, 0) is 14.8 Å². The molecule has 0 spiro atoms. The molecule has 2 rings (SSSR count). The Morgan fingerprint density at radius 2 is 1.89 bits per heavy atom. The third-order valence-electron chi connectivity index (χ3n) is 4.30. The quantitative estimate of drug-likeness (QED) is 0.721. The first-order chi connectivity index (χ1) is 13.1. The standard InChI is InChI=1S/C20H20N2O5S/c1-5-15-7-6-8-17(10-15)22(12-19(23)21-4)28(26,27)18-11-16(20(24)25)9-13(2)14(18)3/h1,6-11H,12H2,2-4H3,(H,21,23)(H,24,25). The Balaban J connectivity index is 2.73. The molecule has 2 aromatic carbocycles. The summed E-state index contributed by atoms with van der Waals surface area (Å²) < 4.78 is 27.8. The lowest BCUT2D eigenvalue weighted by atomic mass is 10.1. The molecule has 0 heterocycles. The number of carboxylic acid groups (broad SMARTS) is 1. The van der Waals surface area contributed by atoms with E-state index in [2.05, 4.69) is 11.2 Å². The van der Waals surface area contributed by atoms with E-state index in [0.717, 1.165) is 10.4 Å². The Hall–Kier alpha value is -3.31. The van der Waals surface area contributed by atoms with Gasteiger partial charge < -0.3 is 10.4 Å². The number of likely N-dealkylation sites (N-methyl/N-ethyl adjacent to an activating group) is 1.